The second-order valence-electron chi connectivity index (χ2n) is 6.45. The summed E-state index contributed by atoms with van der Waals surface area (Å²) in [6.45, 7) is 5.07. The lowest BCUT2D eigenvalue weighted by atomic mass is 10.1. The van der Waals surface area contributed by atoms with Crippen molar-refractivity contribution in [3.05, 3.63) is 71.3 Å². The van der Waals surface area contributed by atoms with Gasteiger partial charge in [-0.1, -0.05) is 42.5 Å². The second-order valence-corrected chi connectivity index (χ2v) is 6.45. The zero-order chi connectivity index (χ0) is 16.9. The van der Waals surface area contributed by atoms with Crippen LogP contribution in [0.25, 0.3) is 0 Å². The Labute approximate surface area is 143 Å². The zero-order valence-electron chi connectivity index (χ0n) is 14.0. The largest absolute Gasteiger partial charge is 0.478 e. The van der Waals surface area contributed by atoms with E-state index in [0.717, 1.165) is 25.1 Å². The van der Waals surface area contributed by atoms with Crippen molar-refractivity contribution in [3.8, 4) is 0 Å². The van der Waals surface area contributed by atoms with E-state index in [1.165, 1.54) is 5.56 Å². The van der Waals surface area contributed by atoms with Gasteiger partial charge in [0.1, 0.15) is 0 Å². The standard InChI is InChI=1S/C20H24N2O2/c1-15(17-7-3-2-4-8-17)22-11-10-19(14-22)21-13-16-6-5-9-18(12-16)20(23)24/h2-9,12,15,19,21H,10-11,13-14H2,1H3,(H,23,24). The average molecular weight is 324 g/mol. The Morgan fingerprint density at radius 3 is 2.79 bits per heavy atom. The first-order chi connectivity index (χ1) is 11.6. The van der Waals surface area contributed by atoms with Crippen LogP contribution in [-0.4, -0.2) is 35.1 Å². The van der Waals surface area contributed by atoms with E-state index in [2.05, 4.69) is 47.5 Å². The molecule has 3 rings (SSSR count). The van der Waals surface area contributed by atoms with Crippen LogP contribution in [0.5, 0.6) is 0 Å². The Morgan fingerprint density at radius 2 is 2.04 bits per heavy atom. The summed E-state index contributed by atoms with van der Waals surface area (Å²) >= 11 is 0. The first-order valence-corrected chi connectivity index (χ1v) is 8.48. The third kappa shape index (κ3) is 4.02. The van der Waals surface area contributed by atoms with Crippen LogP contribution in [0.3, 0.4) is 0 Å². The molecule has 0 saturated carbocycles. The quantitative estimate of drug-likeness (QED) is 0.856. The van der Waals surface area contributed by atoms with Crippen molar-refractivity contribution in [3.63, 3.8) is 0 Å². The van der Waals surface area contributed by atoms with Crippen molar-refractivity contribution >= 4 is 5.97 Å². The van der Waals surface area contributed by atoms with E-state index in [0.29, 0.717) is 24.2 Å². The first kappa shape index (κ1) is 16.7. The zero-order valence-corrected chi connectivity index (χ0v) is 14.0. The van der Waals surface area contributed by atoms with Crippen LogP contribution >= 0.6 is 0 Å². The number of hydrogen-bond donors (Lipinski definition) is 2. The Balaban J connectivity index is 1.53. The van der Waals surface area contributed by atoms with Crippen molar-refractivity contribution in [1.29, 1.82) is 0 Å². The SMILES string of the molecule is CC(c1ccccc1)N1CCC(NCc2cccc(C(=O)O)c2)C1. The van der Waals surface area contributed by atoms with Gasteiger partial charge in [0, 0.05) is 31.7 Å². The normalized spacial score (nSPS) is 19.3. The molecule has 0 aliphatic carbocycles. The fourth-order valence-corrected chi connectivity index (χ4v) is 3.32. The number of carbonyl (C=O) groups is 1. The lowest BCUT2D eigenvalue weighted by molar-refractivity contribution is 0.0696. The van der Waals surface area contributed by atoms with Gasteiger partial charge >= 0.3 is 5.97 Å². The average Bonchev–Trinajstić information content (AvgIpc) is 3.09. The summed E-state index contributed by atoms with van der Waals surface area (Å²) in [6, 6.07) is 18.6. The van der Waals surface area contributed by atoms with E-state index >= 15 is 0 Å². The van der Waals surface area contributed by atoms with Crippen LogP contribution < -0.4 is 5.32 Å². The summed E-state index contributed by atoms with van der Waals surface area (Å²) in [5, 5.41) is 12.6. The van der Waals surface area contributed by atoms with E-state index in [4.69, 9.17) is 5.11 Å². The van der Waals surface area contributed by atoms with E-state index in [1.54, 1.807) is 18.2 Å². The number of rotatable bonds is 6. The first-order valence-electron chi connectivity index (χ1n) is 8.48. The minimum atomic E-state index is -0.874. The predicted octanol–water partition coefficient (Wildman–Crippen LogP) is 3.31. The highest BCUT2D eigenvalue weighted by Gasteiger charge is 2.26. The number of benzene rings is 2. The van der Waals surface area contributed by atoms with Gasteiger partial charge in [0.05, 0.1) is 5.56 Å². The van der Waals surface area contributed by atoms with E-state index < -0.39 is 5.97 Å². The summed E-state index contributed by atoms with van der Waals surface area (Å²) in [7, 11) is 0. The molecule has 2 unspecified atom stereocenters. The molecule has 0 spiro atoms. The molecule has 2 N–H and O–H groups in total. The summed E-state index contributed by atoms with van der Waals surface area (Å²) < 4.78 is 0. The Morgan fingerprint density at radius 1 is 1.25 bits per heavy atom. The van der Waals surface area contributed by atoms with Crippen LogP contribution in [0.15, 0.2) is 54.6 Å². The molecule has 1 saturated heterocycles. The fourth-order valence-electron chi connectivity index (χ4n) is 3.32. The molecule has 1 aliphatic rings. The Bertz CT molecular complexity index is 687. The van der Waals surface area contributed by atoms with Crippen LogP contribution in [0.2, 0.25) is 0 Å². The Hall–Kier alpha value is -2.17. The number of hydrogen-bond acceptors (Lipinski definition) is 3. The molecule has 4 heteroatoms. The van der Waals surface area contributed by atoms with Crippen LogP contribution in [-0.2, 0) is 6.54 Å². The molecule has 2 aromatic rings. The number of likely N-dealkylation sites (tertiary alicyclic amines) is 1. The molecule has 2 aromatic carbocycles. The lowest BCUT2D eigenvalue weighted by Crippen LogP contribution is -2.33. The van der Waals surface area contributed by atoms with Crippen molar-refractivity contribution < 1.29 is 9.90 Å². The molecule has 1 heterocycles. The molecular weight excluding hydrogens is 300 g/mol. The van der Waals surface area contributed by atoms with E-state index in [9.17, 15) is 4.79 Å². The molecular formula is C20H24N2O2. The number of aromatic carboxylic acids is 1. The molecule has 0 amide bonds. The third-order valence-corrected chi connectivity index (χ3v) is 4.82. The number of nitrogens with zero attached hydrogens (tertiary/aromatic N) is 1. The topological polar surface area (TPSA) is 52.6 Å². The Kier molecular flexibility index (Phi) is 5.28. The van der Waals surface area contributed by atoms with Crippen LogP contribution in [0.1, 0.15) is 40.9 Å². The molecule has 0 radical (unpaired) electrons. The van der Waals surface area contributed by atoms with Crippen molar-refractivity contribution in [1.82, 2.24) is 10.2 Å². The molecule has 2 atom stereocenters. The van der Waals surface area contributed by atoms with Gasteiger partial charge in [0.2, 0.25) is 0 Å². The summed E-state index contributed by atoms with van der Waals surface area (Å²) in [4.78, 5) is 13.5. The van der Waals surface area contributed by atoms with Gasteiger partial charge in [-0.2, -0.15) is 0 Å². The van der Waals surface area contributed by atoms with Gasteiger partial charge in [-0.25, -0.2) is 4.79 Å². The van der Waals surface area contributed by atoms with Gasteiger partial charge in [-0.05, 0) is 36.6 Å². The van der Waals surface area contributed by atoms with Crippen molar-refractivity contribution in [2.24, 2.45) is 0 Å². The van der Waals surface area contributed by atoms with Crippen LogP contribution in [0.4, 0.5) is 0 Å². The maximum atomic E-state index is 11.0. The summed E-state index contributed by atoms with van der Waals surface area (Å²) in [5.74, 6) is -0.874. The molecule has 0 bridgehead atoms. The second kappa shape index (κ2) is 7.60. The monoisotopic (exact) mass is 324 g/mol. The van der Waals surface area contributed by atoms with Crippen molar-refractivity contribution in [2.75, 3.05) is 13.1 Å². The highest BCUT2D eigenvalue weighted by atomic mass is 16.4. The van der Waals surface area contributed by atoms with E-state index in [1.807, 2.05) is 6.07 Å². The van der Waals surface area contributed by atoms with Gasteiger partial charge in [-0.15, -0.1) is 0 Å². The molecule has 4 nitrogen and oxygen atoms in total. The minimum absolute atomic E-state index is 0.347. The van der Waals surface area contributed by atoms with E-state index in [-0.39, 0.29) is 0 Å². The highest BCUT2D eigenvalue weighted by Crippen LogP contribution is 2.24. The number of carboxylic acid groups (broad SMARTS) is 1. The van der Waals surface area contributed by atoms with Gasteiger partial charge < -0.3 is 10.4 Å². The maximum absolute atomic E-state index is 11.0. The smallest absolute Gasteiger partial charge is 0.335 e. The summed E-state index contributed by atoms with van der Waals surface area (Å²) in [5.41, 5.74) is 2.72. The predicted molar refractivity (Wildman–Crippen MR) is 95.1 cm³/mol. The number of carboxylic acids is 1. The van der Waals surface area contributed by atoms with Gasteiger partial charge in [0.25, 0.3) is 0 Å². The van der Waals surface area contributed by atoms with Crippen LogP contribution in [0, 0.1) is 0 Å². The summed E-state index contributed by atoms with van der Waals surface area (Å²) in [6.07, 6.45) is 1.12. The molecule has 126 valence electrons. The molecule has 1 aliphatic heterocycles. The maximum Gasteiger partial charge on any atom is 0.335 e. The van der Waals surface area contributed by atoms with Gasteiger partial charge in [-0.3, -0.25) is 4.90 Å². The lowest BCUT2D eigenvalue weighted by Gasteiger charge is -2.25. The number of nitrogens with one attached hydrogen (secondary N) is 1. The van der Waals surface area contributed by atoms with Crippen molar-refractivity contribution in [2.45, 2.75) is 32.0 Å². The molecule has 0 aromatic heterocycles. The molecule has 24 heavy (non-hydrogen) atoms. The molecule has 1 fully saturated rings. The third-order valence-electron chi connectivity index (χ3n) is 4.82. The fraction of sp³-hybridized carbons (Fsp3) is 0.350. The highest BCUT2D eigenvalue weighted by molar-refractivity contribution is 5.87. The minimum Gasteiger partial charge on any atom is -0.478 e. The van der Waals surface area contributed by atoms with Gasteiger partial charge in [0.15, 0.2) is 0 Å².